The molecule has 0 aliphatic carbocycles. The van der Waals surface area contributed by atoms with Gasteiger partial charge < -0.3 is 19.2 Å². The van der Waals surface area contributed by atoms with E-state index in [9.17, 15) is 9.59 Å². The Morgan fingerprint density at radius 2 is 1.93 bits per heavy atom. The monoisotopic (exact) mass is 373 g/mol. The number of aryl methyl sites for hydroxylation is 1. The number of hydrogen-bond acceptors (Lipinski definition) is 5. The molecule has 0 unspecified atom stereocenters. The van der Waals surface area contributed by atoms with Crippen molar-refractivity contribution in [3.05, 3.63) is 57.5 Å². The van der Waals surface area contributed by atoms with E-state index < -0.39 is 5.97 Å². The van der Waals surface area contributed by atoms with Crippen molar-refractivity contribution in [2.75, 3.05) is 13.2 Å². The summed E-state index contributed by atoms with van der Waals surface area (Å²) in [6.45, 7) is 8.37. The molecule has 0 amide bonds. The molecule has 0 bridgehead atoms. The Balaban J connectivity index is 1.81. The smallest absolute Gasteiger partial charge is 0.344 e. The first-order chi connectivity index (χ1) is 12.9. The second-order valence-corrected chi connectivity index (χ2v) is 6.87. The molecule has 0 aliphatic heterocycles. The van der Waals surface area contributed by atoms with Crippen LogP contribution in [0.15, 0.2) is 35.3 Å². The molecule has 0 radical (unpaired) electrons. The minimum absolute atomic E-state index is 0.0312. The van der Waals surface area contributed by atoms with Crippen LogP contribution in [0.4, 0.5) is 0 Å². The molecule has 27 heavy (non-hydrogen) atoms. The molecule has 1 aromatic heterocycles. The highest BCUT2D eigenvalue weighted by atomic mass is 16.6. The Labute approximate surface area is 159 Å². The van der Waals surface area contributed by atoms with E-state index in [2.05, 4.69) is 18.8 Å². The second kappa shape index (κ2) is 9.80. The lowest BCUT2D eigenvalue weighted by atomic mass is 10.1. The zero-order chi connectivity index (χ0) is 19.8. The number of H-pyrrole nitrogens is 1. The number of aromatic nitrogens is 1. The maximum atomic E-state index is 12.0. The Kier molecular flexibility index (Phi) is 7.46. The topological polar surface area (TPSA) is 77.6 Å². The SMILES string of the molecule is Cc1cccc(OCC(=O)OCc2cc(=O)c(OCCC(C)C)c[nH]2)c1C. The predicted molar refractivity (Wildman–Crippen MR) is 103 cm³/mol. The van der Waals surface area contributed by atoms with E-state index in [0.29, 0.717) is 24.0 Å². The lowest BCUT2D eigenvalue weighted by Crippen LogP contribution is -2.17. The van der Waals surface area contributed by atoms with E-state index in [1.54, 1.807) is 0 Å². The molecule has 0 saturated carbocycles. The van der Waals surface area contributed by atoms with Crippen molar-refractivity contribution < 1.29 is 19.0 Å². The summed E-state index contributed by atoms with van der Waals surface area (Å²) >= 11 is 0. The summed E-state index contributed by atoms with van der Waals surface area (Å²) in [4.78, 5) is 26.8. The summed E-state index contributed by atoms with van der Waals surface area (Å²) in [7, 11) is 0. The lowest BCUT2D eigenvalue weighted by Gasteiger charge is -2.11. The fraction of sp³-hybridized carbons (Fsp3) is 0.429. The molecule has 1 N–H and O–H groups in total. The van der Waals surface area contributed by atoms with Gasteiger partial charge in [-0.25, -0.2) is 4.79 Å². The summed E-state index contributed by atoms with van der Waals surface area (Å²) < 4.78 is 16.1. The average Bonchev–Trinajstić information content (AvgIpc) is 2.62. The number of carbonyl (C=O) groups excluding carboxylic acids is 1. The molecule has 0 fully saturated rings. The number of esters is 1. The Morgan fingerprint density at radius 1 is 1.15 bits per heavy atom. The molecule has 0 atom stereocenters. The van der Waals surface area contributed by atoms with Gasteiger partial charge in [0.1, 0.15) is 12.4 Å². The van der Waals surface area contributed by atoms with Gasteiger partial charge in [0.2, 0.25) is 5.43 Å². The van der Waals surface area contributed by atoms with Crippen LogP contribution in [0, 0.1) is 19.8 Å². The minimum atomic E-state index is -0.506. The Hall–Kier alpha value is -2.76. The molecular formula is C21H27NO5. The molecule has 6 nitrogen and oxygen atoms in total. The van der Waals surface area contributed by atoms with Gasteiger partial charge in [-0.2, -0.15) is 0 Å². The quantitative estimate of drug-likeness (QED) is 0.680. The van der Waals surface area contributed by atoms with Crippen molar-refractivity contribution >= 4 is 5.97 Å². The first-order valence-electron chi connectivity index (χ1n) is 9.06. The van der Waals surface area contributed by atoms with Gasteiger partial charge in [0, 0.05) is 12.3 Å². The molecule has 6 heteroatoms. The second-order valence-electron chi connectivity index (χ2n) is 6.87. The average molecular weight is 373 g/mol. The summed E-state index contributed by atoms with van der Waals surface area (Å²) in [5, 5.41) is 0. The number of hydrogen-bond donors (Lipinski definition) is 1. The van der Waals surface area contributed by atoms with Crippen LogP contribution in [-0.4, -0.2) is 24.2 Å². The number of ether oxygens (including phenoxy) is 3. The third-order valence-corrected chi connectivity index (χ3v) is 4.18. The van der Waals surface area contributed by atoms with Crippen LogP contribution >= 0.6 is 0 Å². The van der Waals surface area contributed by atoms with Crippen LogP contribution < -0.4 is 14.9 Å². The summed E-state index contributed by atoms with van der Waals surface area (Å²) in [5.74, 6) is 0.926. The van der Waals surface area contributed by atoms with Crippen molar-refractivity contribution in [2.24, 2.45) is 5.92 Å². The third-order valence-electron chi connectivity index (χ3n) is 4.18. The van der Waals surface area contributed by atoms with Gasteiger partial charge in [-0.3, -0.25) is 4.79 Å². The number of pyridine rings is 1. The number of carbonyl (C=O) groups is 1. The third kappa shape index (κ3) is 6.47. The molecular weight excluding hydrogens is 346 g/mol. The summed E-state index contributed by atoms with van der Waals surface area (Å²) in [6.07, 6.45) is 2.37. The van der Waals surface area contributed by atoms with Crippen LogP contribution in [-0.2, 0) is 16.1 Å². The predicted octanol–water partition coefficient (Wildman–Crippen LogP) is 3.54. The molecule has 146 valence electrons. The van der Waals surface area contributed by atoms with Crippen LogP contribution in [0.2, 0.25) is 0 Å². The maximum Gasteiger partial charge on any atom is 0.344 e. The number of benzene rings is 1. The zero-order valence-electron chi connectivity index (χ0n) is 16.3. The van der Waals surface area contributed by atoms with Crippen molar-refractivity contribution in [3.63, 3.8) is 0 Å². The normalized spacial score (nSPS) is 10.7. The van der Waals surface area contributed by atoms with Gasteiger partial charge in [-0.15, -0.1) is 0 Å². The highest BCUT2D eigenvalue weighted by molar-refractivity contribution is 5.71. The van der Waals surface area contributed by atoms with E-state index in [0.717, 1.165) is 17.5 Å². The maximum absolute atomic E-state index is 12.0. The number of rotatable bonds is 9. The lowest BCUT2D eigenvalue weighted by molar-refractivity contribution is -0.147. The van der Waals surface area contributed by atoms with Gasteiger partial charge in [-0.05, 0) is 43.4 Å². The van der Waals surface area contributed by atoms with Gasteiger partial charge in [0.25, 0.3) is 0 Å². The molecule has 0 spiro atoms. The molecule has 2 aromatic rings. The number of nitrogens with one attached hydrogen (secondary N) is 1. The van der Waals surface area contributed by atoms with Crippen molar-refractivity contribution in [2.45, 2.75) is 40.7 Å². The Morgan fingerprint density at radius 3 is 2.63 bits per heavy atom. The van der Waals surface area contributed by atoms with Crippen molar-refractivity contribution in [3.8, 4) is 11.5 Å². The molecule has 1 aromatic carbocycles. The Bertz CT molecular complexity index is 826. The van der Waals surface area contributed by atoms with E-state index in [4.69, 9.17) is 14.2 Å². The fourth-order valence-electron chi connectivity index (χ4n) is 2.32. The van der Waals surface area contributed by atoms with E-state index in [1.807, 2.05) is 32.0 Å². The molecule has 2 rings (SSSR count). The summed E-state index contributed by atoms with van der Waals surface area (Å²) in [5.41, 5.74) is 2.34. The molecule has 1 heterocycles. The van der Waals surface area contributed by atoms with Crippen molar-refractivity contribution in [1.29, 1.82) is 0 Å². The molecule has 0 saturated heterocycles. The highest BCUT2D eigenvalue weighted by Gasteiger charge is 2.09. The van der Waals surface area contributed by atoms with E-state index >= 15 is 0 Å². The highest BCUT2D eigenvalue weighted by Crippen LogP contribution is 2.20. The van der Waals surface area contributed by atoms with Gasteiger partial charge in [0.05, 0.1) is 12.3 Å². The van der Waals surface area contributed by atoms with E-state index in [1.165, 1.54) is 12.3 Å². The fourth-order valence-corrected chi connectivity index (χ4v) is 2.32. The van der Waals surface area contributed by atoms with Gasteiger partial charge in [0.15, 0.2) is 12.4 Å². The summed E-state index contributed by atoms with van der Waals surface area (Å²) in [6, 6.07) is 7.04. The van der Waals surface area contributed by atoms with Gasteiger partial charge >= 0.3 is 5.97 Å². The van der Waals surface area contributed by atoms with Crippen LogP contribution in [0.1, 0.15) is 37.1 Å². The van der Waals surface area contributed by atoms with Crippen LogP contribution in [0.25, 0.3) is 0 Å². The van der Waals surface area contributed by atoms with E-state index in [-0.39, 0.29) is 24.4 Å². The molecule has 0 aliphatic rings. The first-order valence-corrected chi connectivity index (χ1v) is 9.06. The van der Waals surface area contributed by atoms with Gasteiger partial charge in [-0.1, -0.05) is 26.0 Å². The standard InChI is InChI=1S/C21H27NO5/c1-14(2)8-9-25-20-11-22-17(10-18(20)23)12-27-21(24)13-26-19-7-5-6-15(3)16(19)4/h5-7,10-11,14H,8-9,12-13H2,1-4H3,(H,22,23). The van der Waals surface area contributed by atoms with Crippen molar-refractivity contribution in [1.82, 2.24) is 4.98 Å². The van der Waals surface area contributed by atoms with Crippen LogP contribution in [0.3, 0.4) is 0 Å². The minimum Gasteiger partial charge on any atom is -0.488 e. The van der Waals surface area contributed by atoms with Crippen LogP contribution in [0.5, 0.6) is 11.5 Å². The zero-order valence-corrected chi connectivity index (χ0v) is 16.3. The first kappa shape index (κ1) is 20.6. The number of aromatic amines is 1. The largest absolute Gasteiger partial charge is 0.488 e.